The van der Waals surface area contributed by atoms with Crippen molar-refractivity contribution in [2.24, 2.45) is 5.92 Å². The first-order valence-corrected chi connectivity index (χ1v) is 6.90. The van der Waals surface area contributed by atoms with Gasteiger partial charge < -0.3 is 0 Å². The Labute approximate surface area is 88.0 Å². The van der Waals surface area contributed by atoms with Crippen molar-refractivity contribution in [3.8, 4) is 0 Å². The highest BCUT2D eigenvalue weighted by atomic mass is 79.9. The minimum atomic E-state index is -3.08. The molecule has 5 heteroatoms. The van der Waals surface area contributed by atoms with Crippen molar-refractivity contribution in [1.82, 2.24) is 4.31 Å². The third-order valence-corrected chi connectivity index (χ3v) is 5.09. The summed E-state index contributed by atoms with van der Waals surface area (Å²) in [4.78, 5) is 0. The van der Waals surface area contributed by atoms with Gasteiger partial charge in [0.2, 0.25) is 10.0 Å². The Kier molecular flexibility index (Phi) is 3.54. The van der Waals surface area contributed by atoms with Gasteiger partial charge in [-0.05, 0) is 12.8 Å². The highest BCUT2D eigenvalue weighted by molar-refractivity contribution is 9.10. The van der Waals surface area contributed by atoms with Crippen molar-refractivity contribution < 1.29 is 8.42 Å². The Morgan fingerprint density at radius 1 is 1.69 bits per heavy atom. The van der Waals surface area contributed by atoms with Crippen molar-refractivity contribution in [1.29, 1.82) is 0 Å². The largest absolute Gasteiger partial charge is 0.224 e. The van der Waals surface area contributed by atoms with Crippen LogP contribution in [-0.2, 0) is 10.0 Å². The molecule has 0 N–H and O–H groups in total. The van der Waals surface area contributed by atoms with E-state index >= 15 is 0 Å². The number of rotatable bonds is 2. The molecule has 1 unspecified atom stereocenters. The topological polar surface area (TPSA) is 37.4 Å². The van der Waals surface area contributed by atoms with Gasteiger partial charge >= 0.3 is 0 Å². The quantitative estimate of drug-likeness (QED) is 0.563. The van der Waals surface area contributed by atoms with Gasteiger partial charge in [0.1, 0.15) is 4.66 Å². The van der Waals surface area contributed by atoms with E-state index in [1.165, 1.54) is 4.31 Å². The molecule has 0 amide bonds. The van der Waals surface area contributed by atoms with E-state index in [1.54, 1.807) is 0 Å². The molecule has 1 aliphatic heterocycles. The Morgan fingerprint density at radius 3 is 2.77 bits per heavy atom. The normalized spacial score (nSPS) is 25.8. The van der Waals surface area contributed by atoms with Gasteiger partial charge in [0.05, 0.1) is 0 Å². The molecule has 1 heterocycles. The maximum atomic E-state index is 11.5. The third kappa shape index (κ3) is 2.79. The molecule has 0 spiro atoms. The fraction of sp³-hybridized carbons (Fsp3) is 0.750. The van der Waals surface area contributed by atoms with Gasteiger partial charge in [-0.15, -0.1) is 0 Å². The molecule has 0 bridgehead atoms. The van der Waals surface area contributed by atoms with Crippen LogP contribution in [0.25, 0.3) is 0 Å². The predicted octanol–water partition coefficient (Wildman–Crippen LogP) is 1.57. The molecule has 0 aromatic carbocycles. The smallest absolute Gasteiger partial charge is 0.211 e. The minimum Gasteiger partial charge on any atom is -0.211 e. The highest BCUT2D eigenvalue weighted by Gasteiger charge is 2.25. The summed E-state index contributed by atoms with van der Waals surface area (Å²) in [5.74, 6) is 0.322. The second-order valence-corrected chi connectivity index (χ2v) is 6.78. The lowest BCUT2D eigenvalue weighted by molar-refractivity contribution is 0.387. The third-order valence-electron chi connectivity index (χ3n) is 2.02. The van der Waals surface area contributed by atoms with E-state index in [4.69, 9.17) is 0 Å². The van der Waals surface area contributed by atoms with E-state index < -0.39 is 10.0 Å². The first-order chi connectivity index (χ1) is 5.95. The summed E-state index contributed by atoms with van der Waals surface area (Å²) in [5.41, 5.74) is 1.13. The lowest BCUT2D eigenvalue weighted by Gasteiger charge is -2.28. The van der Waals surface area contributed by atoms with E-state index in [0.29, 0.717) is 19.0 Å². The molecule has 0 radical (unpaired) electrons. The fourth-order valence-electron chi connectivity index (χ4n) is 1.54. The summed E-state index contributed by atoms with van der Waals surface area (Å²) in [5, 5.41) is 0. The summed E-state index contributed by atoms with van der Waals surface area (Å²) in [6.45, 7) is 5.13. The maximum Gasteiger partial charge on any atom is 0.224 e. The molecule has 76 valence electrons. The van der Waals surface area contributed by atoms with E-state index in [0.717, 1.165) is 5.57 Å². The number of hydrogen-bond acceptors (Lipinski definition) is 2. The second kappa shape index (κ2) is 4.11. The lowest BCUT2D eigenvalue weighted by atomic mass is 10.1. The predicted molar refractivity (Wildman–Crippen MR) is 57.2 cm³/mol. The Bertz CT molecular complexity index is 310. The maximum absolute atomic E-state index is 11.5. The van der Waals surface area contributed by atoms with E-state index in [-0.39, 0.29) is 4.66 Å². The molecule has 0 fully saturated rings. The molecule has 0 aromatic heterocycles. The number of halogens is 1. The van der Waals surface area contributed by atoms with Crippen LogP contribution in [0, 0.1) is 5.92 Å². The molecule has 0 aromatic rings. The van der Waals surface area contributed by atoms with Crippen molar-refractivity contribution in [3.63, 3.8) is 0 Å². The van der Waals surface area contributed by atoms with Gasteiger partial charge in [0.15, 0.2) is 0 Å². The average Bonchev–Trinajstić information content (AvgIpc) is 2.02. The summed E-state index contributed by atoms with van der Waals surface area (Å²) < 4.78 is 24.5. The molecule has 0 saturated carbocycles. The molecule has 1 atom stereocenters. The first kappa shape index (κ1) is 11.2. The fourth-order valence-corrected chi connectivity index (χ4v) is 3.41. The zero-order chi connectivity index (χ0) is 10.1. The van der Waals surface area contributed by atoms with Crippen molar-refractivity contribution in [3.05, 3.63) is 11.6 Å². The number of hydrogen-bond donors (Lipinski definition) is 0. The van der Waals surface area contributed by atoms with Gasteiger partial charge in [-0.2, -0.15) is 4.31 Å². The van der Waals surface area contributed by atoms with Gasteiger partial charge in [-0.3, -0.25) is 0 Å². The van der Waals surface area contributed by atoms with Crippen LogP contribution in [0.1, 0.15) is 13.8 Å². The summed E-state index contributed by atoms with van der Waals surface area (Å²) in [6, 6.07) is 0. The number of alkyl halides is 1. The molecule has 1 aliphatic rings. The summed E-state index contributed by atoms with van der Waals surface area (Å²) in [6.07, 6.45) is 2.13. The van der Waals surface area contributed by atoms with E-state index in [9.17, 15) is 8.42 Å². The summed E-state index contributed by atoms with van der Waals surface area (Å²) in [7, 11) is -3.08. The molecule has 3 nitrogen and oxygen atoms in total. The van der Waals surface area contributed by atoms with Crippen molar-refractivity contribution in [2.45, 2.75) is 13.8 Å². The second-order valence-electron chi connectivity index (χ2n) is 3.50. The van der Waals surface area contributed by atoms with Crippen LogP contribution in [0.15, 0.2) is 11.6 Å². The van der Waals surface area contributed by atoms with Crippen molar-refractivity contribution in [2.75, 3.05) is 17.8 Å². The summed E-state index contributed by atoms with van der Waals surface area (Å²) >= 11 is 3.00. The van der Waals surface area contributed by atoms with Crippen LogP contribution in [0.5, 0.6) is 0 Å². The molecule has 1 rings (SSSR count). The monoisotopic (exact) mass is 267 g/mol. The first-order valence-electron chi connectivity index (χ1n) is 4.17. The van der Waals surface area contributed by atoms with Gasteiger partial charge in [0, 0.05) is 13.1 Å². The molecular formula is C8H14BrNO2S. The number of sulfonamides is 1. The molecular weight excluding hydrogens is 254 g/mol. The van der Waals surface area contributed by atoms with Crippen LogP contribution in [0.3, 0.4) is 0 Å². The zero-order valence-electron chi connectivity index (χ0n) is 7.83. The SMILES string of the molecule is CC1=CC(C)CN(S(=O)(=O)CBr)C1. The Morgan fingerprint density at radius 2 is 2.31 bits per heavy atom. The Hall–Kier alpha value is 0.130. The zero-order valence-corrected chi connectivity index (χ0v) is 10.2. The standard InChI is InChI=1S/C8H14BrNO2S/c1-7-3-8(2)5-10(4-7)13(11,12)6-9/h3,7H,4-6H2,1-2H3. The lowest BCUT2D eigenvalue weighted by Crippen LogP contribution is -2.38. The Balaban J connectivity index is 2.82. The molecule has 0 aliphatic carbocycles. The highest BCUT2D eigenvalue weighted by Crippen LogP contribution is 2.18. The molecule has 13 heavy (non-hydrogen) atoms. The number of nitrogens with zero attached hydrogens (tertiary/aromatic N) is 1. The van der Waals surface area contributed by atoms with E-state index in [1.807, 2.05) is 13.8 Å². The van der Waals surface area contributed by atoms with Gasteiger partial charge in [0.25, 0.3) is 0 Å². The van der Waals surface area contributed by atoms with E-state index in [2.05, 4.69) is 22.0 Å². The van der Waals surface area contributed by atoms with Crippen LogP contribution >= 0.6 is 15.9 Å². The van der Waals surface area contributed by atoms with Crippen LogP contribution in [-0.4, -0.2) is 30.5 Å². The van der Waals surface area contributed by atoms with Gasteiger partial charge in [-0.25, -0.2) is 8.42 Å². The molecule has 0 saturated heterocycles. The van der Waals surface area contributed by atoms with Crippen LogP contribution < -0.4 is 0 Å². The average molecular weight is 268 g/mol. The van der Waals surface area contributed by atoms with Crippen LogP contribution in [0.4, 0.5) is 0 Å². The minimum absolute atomic E-state index is 0.0139. The van der Waals surface area contributed by atoms with Crippen LogP contribution in [0.2, 0.25) is 0 Å². The van der Waals surface area contributed by atoms with Gasteiger partial charge in [-0.1, -0.05) is 34.5 Å². The van der Waals surface area contributed by atoms with Crippen molar-refractivity contribution >= 4 is 26.0 Å².